The first-order valence-electron chi connectivity index (χ1n) is 13.3. The van der Waals surface area contributed by atoms with Gasteiger partial charge in [0.25, 0.3) is 0 Å². The van der Waals surface area contributed by atoms with Gasteiger partial charge in [-0.1, -0.05) is 96.0 Å². The minimum absolute atomic E-state index is 0.271. The van der Waals surface area contributed by atoms with Gasteiger partial charge in [0, 0.05) is 6.42 Å². The number of aliphatic hydroxyl groups is 1. The predicted octanol–water partition coefficient (Wildman–Crippen LogP) is 7.42. The summed E-state index contributed by atoms with van der Waals surface area (Å²) in [5.74, 6) is 0. The van der Waals surface area contributed by atoms with Crippen LogP contribution in [0.15, 0.2) is 25.1 Å². The lowest BCUT2D eigenvalue weighted by molar-refractivity contribution is -0.900. The number of nitrogens with zero attached hydrogens (tertiary/aromatic N) is 1. The summed E-state index contributed by atoms with van der Waals surface area (Å²) >= 11 is 0. The highest BCUT2D eigenvalue weighted by atomic mass is 16.3. The van der Waals surface area contributed by atoms with E-state index in [0.717, 1.165) is 17.6 Å². The van der Waals surface area contributed by atoms with E-state index in [-0.39, 0.29) is 6.61 Å². The highest BCUT2D eigenvalue weighted by molar-refractivity contribution is 4.84. The van der Waals surface area contributed by atoms with Gasteiger partial charge in [-0.2, -0.15) is 0 Å². The van der Waals surface area contributed by atoms with Crippen molar-refractivity contribution < 1.29 is 9.59 Å². The van der Waals surface area contributed by atoms with E-state index < -0.39 is 0 Å². The third kappa shape index (κ3) is 12.2. The van der Waals surface area contributed by atoms with Crippen LogP contribution in [-0.2, 0) is 0 Å². The smallest absolute Gasteiger partial charge is 0.166 e. The molecule has 0 radical (unpaired) electrons. The molecule has 2 atom stereocenters. The Morgan fingerprint density at radius 1 is 0.800 bits per heavy atom. The molecule has 0 amide bonds. The van der Waals surface area contributed by atoms with E-state index in [4.69, 9.17) is 0 Å². The van der Waals surface area contributed by atoms with Crippen LogP contribution in [0, 0.1) is 0 Å². The molecule has 1 aliphatic heterocycles. The van der Waals surface area contributed by atoms with E-state index in [1.165, 1.54) is 116 Å². The summed E-state index contributed by atoms with van der Waals surface area (Å²) in [5.41, 5.74) is 0. The van der Waals surface area contributed by atoms with E-state index >= 15 is 0 Å². The Hall–Kier alpha value is -0.800. The third-order valence-corrected chi connectivity index (χ3v) is 7.02. The van der Waals surface area contributed by atoms with Gasteiger partial charge in [-0.05, 0) is 26.2 Å². The first-order chi connectivity index (χ1) is 14.8. The Labute approximate surface area is 188 Å². The monoisotopic (exact) mass is 421 g/mol. The minimum Gasteiger partial charge on any atom is -0.390 e. The fourth-order valence-corrected chi connectivity index (χ4v) is 4.90. The lowest BCUT2D eigenvalue weighted by Crippen LogP contribution is -2.54. The number of quaternary nitrogens is 1. The maximum atomic E-state index is 9.39. The minimum atomic E-state index is 0.271. The lowest BCUT2D eigenvalue weighted by atomic mass is 10.0. The van der Waals surface area contributed by atoms with Crippen molar-refractivity contribution in [3.8, 4) is 0 Å². The normalized spacial score (nSPS) is 20.5. The van der Waals surface area contributed by atoms with Crippen LogP contribution in [0.2, 0.25) is 0 Å². The number of allylic oxidation sites excluding steroid dienone is 1. The van der Waals surface area contributed by atoms with E-state index in [1.54, 1.807) is 0 Å². The molecule has 2 N–H and O–H groups in total. The average molecular weight is 422 g/mol. The molecule has 0 bridgehead atoms. The summed E-state index contributed by atoms with van der Waals surface area (Å²) in [4.78, 5) is 0. The Kier molecular flexibility index (Phi) is 17.2. The van der Waals surface area contributed by atoms with Gasteiger partial charge in [-0.15, -0.1) is 6.58 Å². The van der Waals surface area contributed by atoms with Crippen LogP contribution < -0.4 is 5.32 Å². The van der Waals surface area contributed by atoms with Crippen molar-refractivity contribution in [3.63, 3.8) is 0 Å². The molecule has 3 nitrogen and oxygen atoms in total. The summed E-state index contributed by atoms with van der Waals surface area (Å²) in [7, 11) is 0. The van der Waals surface area contributed by atoms with Gasteiger partial charge in [0.1, 0.15) is 12.7 Å². The summed E-state index contributed by atoms with van der Waals surface area (Å²) in [6.45, 7) is 8.18. The number of rotatable bonds is 22. The Morgan fingerprint density at radius 2 is 1.27 bits per heavy atom. The molecule has 0 aromatic carbocycles. The van der Waals surface area contributed by atoms with Crippen molar-refractivity contribution in [3.05, 3.63) is 25.1 Å². The Bertz CT molecular complexity index is 423. The van der Waals surface area contributed by atoms with Crippen LogP contribution >= 0.6 is 0 Å². The molecule has 0 saturated heterocycles. The standard InChI is InChI=1S/C27H53N2O/c1-3-5-6-7-8-9-10-11-12-13-14-15-16-17-18-19-20-21-22-27-28-23-24-29(27,4-2)25-26-30/h3,23-24,27-28,30H,1,4-22,25-26H2,2H3/q+1. The zero-order valence-corrected chi connectivity index (χ0v) is 20.3. The van der Waals surface area contributed by atoms with Crippen molar-refractivity contribution in [1.29, 1.82) is 0 Å². The zero-order valence-electron chi connectivity index (χ0n) is 20.3. The second kappa shape index (κ2) is 18.9. The van der Waals surface area contributed by atoms with E-state index in [1.807, 2.05) is 6.08 Å². The highest BCUT2D eigenvalue weighted by Gasteiger charge is 2.35. The van der Waals surface area contributed by atoms with Gasteiger partial charge in [-0.3, -0.25) is 4.48 Å². The van der Waals surface area contributed by atoms with E-state index in [9.17, 15) is 5.11 Å². The molecule has 0 aromatic rings. The van der Waals surface area contributed by atoms with Crippen molar-refractivity contribution in [1.82, 2.24) is 5.32 Å². The Balaban J connectivity index is 1.81. The van der Waals surface area contributed by atoms with Crippen molar-refractivity contribution in [2.24, 2.45) is 0 Å². The van der Waals surface area contributed by atoms with Gasteiger partial charge in [0.05, 0.1) is 19.4 Å². The van der Waals surface area contributed by atoms with Crippen LogP contribution in [0.25, 0.3) is 0 Å². The number of likely N-dealkylation sites (N-methyl/N-ethyl adjacent to an activating group) is 1. The number of hydrogen-bond acceptors (Lipinski definition) is 2. The molecule has 0 aromatic heterocycles. The van der Waals surface area contributed by atoms with Crippen LogP contribution in [0.4, 0.5) is 0 Å². The maximum Gasteiger partial charge on any atom is 0.166 e. The molecule has 3 heteroatoms. The molecular weight excluding hydrogens is 368 g/mol. The SMILES string of the molecule is C=CCCCCCCCCCCCCCCCCCCC1NC=C[N+]1(CC)CCO. The van der Waals surface area contributed by atoms with Crippen LogP contribution in [0.1, 0.15) is 122 Å². The predicted molar refractivity (Wildman–Crippen MR) is 132 cm³/mol. The summed E-state index contributed by atoms with van der Waals surface area (Å²) in [6, 6.07) is 0. The quantitative estimate of drug-likeness (QED) is 0.108. The second-order valence-electron chi connectivity index (χ2n) is 9.39. The van der Waals surface area contributed by atoms with Gasteiger partial charge in [-0.25, -0.2) is 0 Å². The number of nitrogens with one attached hydrogen (secondary N) is 1. The molecule has 1 aliphatic rings. The molecule has 30 heavy (non-hydrogen) atoms. The first-order valence-corrected chi connectivity index (χ1v) is 13.3. The topological polar surface area (TPSA) is 32.3 Å². The van der Waals surface area contributed by atoms with Crippen LogP contribution in [-0.4, -0.2) is 35.5 Å². The van der Waals surface area contributed by atoms with E-state index in [2.05, 4.69) is 31.2 Å². The summed E-state index contributed by atoms with van der Waals surface area (Å²) in [5, 5.41) is 12.9. The summed E-state index contributed by atoms with van der Waals surface area (Å²) in [6.07, 6.45) is 31.8. The van der Waals surface area contributed by atoms with Gasteiger partial charge >= 0.3 is 0 Å². The molecule has 0 aliphatic carbocycles. The Morgan fingerprint density at radius 3 is 1.70 bits per heavy atom. The van der Waals surface area contributed by atoms with Crippen molar-refractivity contribution in [2.45, 2.75) is 129 Å². The second-order valence-corrected chi connectivity index (χ2v) is 9.39. The fraction of sp³-hybridized carbons (Fsp3) is 0.852. The number of unbranched alkanes of at least 4 members (excludes halogenated alkanes) is 16. The molecule has 1 heterocycles. The maximum absolute atomic E-state index is 9.39. The largest absolute Gasteiger partial charge is 0.390 e. The fourth-order valence-electron chi connectivity index (χ4n) is 4.90. The molecular formula is C27H53N2O+. The van der Waals surface area contributed by atoms with Crippen LogP contribution in [0.5, 0.6) is 0 Å². The summed E-state index contributed by atoms with van der Waals surface area (Å²) < 4.78 is 0.909. The molecule has 0 saturated carbocycles. The average Bonchev–Trinajstić information content (AvgIpc) is 3.16. The molecule has 0 spiro atoms. The third-order valence-electron chi connectivity index (χ3n) is 7.02. The van der Waals surface area contributed by atoms with Crippen LogP contribution in [0.3, 0.4) is 0 Å². The number of hydrogen-bond donors (Lipinski definition) is 2. The molecule has 176 valence electrons. The van der Waals surface area contributed by atoms with Gasteiger partial charge in [0.2, 0.25) is 0 Å². The van der Waals surface area contributed by atoms with Gasteiger partial charge < -0.3 is 10.4 Å². The van der Waals surface area contributed by atoms with E-state index in [0.29, 0.717) is 6.17 Å². The highest BCUT2D eigenvalue weighted by Crippen LogP contribution is 2.23. The first kappa shape index (κ1) is 27.2. The molecule has 2 unspecified atom stereocenters. The van der Waals surface area contributed by atoms with Crippen molar-refractivity contribution >= 4 is 0 Å². The number of aliphatic hydroxyl groups excluding tert-OH is 1. The van der Waals surface area contributed by atoms with Gasteiger partial charge in [0.15, 0.2) is 6.17 Å². The zero-order chi connectivity index (χ0) is 21.8. The molecule has 1 rings (SSSR count). The lowest BCUT2D eigenvalue weighted by Gasteiger charge is -2.36. The molecule has 0 fully saturated rings. The van der Waals surface area contributed by atoms with Crippen molar-refractivity contribution in [2.75, 3.05) is 19.7 Å².